The summed E-state index contributed by atoms with van der Waals surface area (Å²) < 4.78 is 4.17. The fourth-order valence-corrected chi connectivity index (χ4v) is 2.87. The monoisotopic (exact) mass is 196 g/mol. The van der Waals surface area contributed by atoms with Gasteiger partial charge in [0.15, 0.2) is 0 Å². The van der Waals surface area contributed by atoms with E-state index >= 15 is 0 Å². The van der Waals surface area contributed by atoms with E-state index in [0.717, 1.165) is 12.0 Å². The van der Waals surface area contributed by atoms with Crippen LogP contribution < -0.4 is 5.32 Å². The van der Waals surface area contributed by atoms with Gasteiger partial charge in [-0.3, -0.25) is 0 Å². The lowest BCUT2D eigenvalue weighted by molar-refractivity contribution is 0.358. The highest BCUT2D eigenvalue weighted by atomic mass is 32.1. The summed E-state index contributed by atoms with van der Waals surface area (Å²) in [6, 6.07) is 2.90. The van der Waals surface area contributed by atoms with Crippen LogP contribution in [0.3, 0.4) is 0 Å². The zero-order chi connectivity index (χ0) is 9.10. The van der Waals surface area contributed by atoms with Gasteiger partial charge < -0.3 is 5.32 Å². The van der Waals surface area contributed by atoms with Crippen LogP contribution in [0, 0.1) is 0 Å². The maximum atomic E-state index is 4.17. The largest absolute Gasteiger partial charge is 0.317 e. The van der Waals surface area contributed by atoms with Gasteiger partial charge in [0, 0.05) is 17.1 Å². The Bertz CT molecular complexity index is 245. The van der Waals surface area contributed by atoms with Crippen LogP contribution in [0.1, 0.15) is 36.5 Å². The minimum absolute atomic E-state index is 0.723. The predicted octanol–water partition coefficient (Wildman–Crippen LogP) is 2.39. The zero-order valence-corrected chi connectivity index (χ0v) is 8.81. The van der Waals surface area contributed by atoms with Crippen molar-refractivity contribution in [2.24, 2.45) is 0 Å². The van der Waals surface area contributed by atoms with Gasteiger partial charge in [0.05, 0.1) is 0 Å². The summed E-state index contributed by atoms with van der Waals surface area (Å²) in [6.07, 6.45) is 7.25. The van der Waals surface area contributed by atoms with Crippen LogP contribution in [0.2, 0.25) is 0 Å². The molecule has 0 aliphatic heterocycles. The average molecular weight is 196 g/mol. The molecule has 2 rings (SSSR count). The Hall–Kier alpha value is -0.410. The minimum atomic E-state index is 0.723. The van der Waals surface area contributed by atoms with E-state index < -0.39 is 0 Å². The molecule has 1 aromatic rings. The molecule has 1 aromatic heterocycles. The Kier molecular flexibility index (Phi) is 2.96. The lowest BCUT2D eigenvalue weighted by Crippen LogP contribution is -2.30. The summed E-state index contributed by atoms with van der Waals surface area (Å²) in [4.78, 5) is 1.47. The van der Waals surface area contributed by atoms with Crippen molar-refractivity contribution in [2.75, 3.05) is 7.05 Å². The highest BCUT2D eigenvalue weighted by Gasteiger charge is 2.22. The fraction of sp³-hybridized carbons (Fsp3) is 0.700. The highest BCUT2D eigenvalue weighted by Crippen LogP contribution is 2.34. The summed E-state index contributed by atoms with van der Waals surface area (Å²) in [5, 5.41) is 3.38. The van der Waals surface area contributed by atoms with Crippen molar-refractivity contribution < 1.29 is 0 Å². The Morgan fingerprint density at radius 2 is 2.46 bits per heavy atom. The lowest BCUT2D eigenvalue weighted by Gasteiger charge is -2.27. The van der Waals surface area contributed by atoms with E-state index in [4.69, 9.17) is 0 Å². The summed E-state index contributed by atoms with van der Waals surface area (Å²) in [5.41, 5.74) is 0. The Labute approximate surface area is 83.5 Å². The summed E-state index contributed by atoms with van der Waals surface area (Å²) in [6.45, 7) is 0. The molecule has 0 aromatic carbocycles. The van der Waals surface area contributed by atoms with Gasteiger partial charge in [-0.05, 0) is 49.8 Å². The van der Waals surface area contributed by atoms with Crippen LogP contribution in [0.15, 0.2) is 12.3 Å². The third-order valence-electron chi connectivity index (χ3n) is 2.94. The van der Waals surface area contributed by atoms with Crippen molar-refractivity contribution >= 4 is 11.5 Å². The van der Waals surface area contributed by atoms with Gasteiger partial charge in [0.2, 0.25) is 0 Å². The summed E-state index contributed by atoms with van der Waals surface area (Å²) in [5.74, 6) is 0.763. The van der Waals surface area contributed by atoms with Gasteiger partial charge in [0.1, 0.15) is 0 Å². The molecule has 0 spiro atoms. The molecule has 0 bridgehead atoms. The molecular formula is C10H16N2S. The van der Waals surface area contributed by atoms with E-state index in [1.807, 2.05) is 6.20 Å². The van der Waals surface area contributed by atoms with Crippen LogP contribution in [0.5, 0.6) is 0 Å². The molecule has 0 saturated heterocycles. The molecule has 1 fully saturated rings. The summed E-state index contributed by atoms with van der Waals surface area (Å²) in [7, 11) is 2.07. The van der Waals surface area contributed by atoms with E-state index in [9.17, 15) is 0 Å². The molecule has 1 saturated carbocycles. The third kappa shape index (κ3) is 2.09. The highest BCUT2D eigenvalue weighted by molar-refractivity contribution is 7.05. The first-order chi connectivity index (χ1) is 6.40. The van der Waals surface area contributed by atoms with Crippen molar-refractivity contribution in [3.63, 3.8) is 0 Å². The van der Waals surface area contributed by atoms with Crippen LogP contribution in [0.25, 0.3) is 0 Å². The number of rotatable bonds is 2. The molecule has 2 unspecified atom stereocenters. The van der Waals surface area contributed by atoms with Crippen LogP contribution in [-0.4, -0.2) is 17.5 Å². The molecule has 1 N–H and O–H groups in total. The number of nitrogens with one attached hydrogen (secondary N) is 1. The number of nitrogens with zero attached hydrogens (tertiary/aromatic N) is 1. The standard InChI is InChI=1S/C10H16N2S/c1-11-9-4-2-3-8(7-9)10-5-6-12-13-10/h5-6,8-9,11H,2-4,7H2,1H3. The van der Waals surface area contributed by atoms with Gasteiger partial charge in [0.25, 0.3) is 0 Å². The molecule has 0 radical (unpaired) electrons. The predicted molar refractivity (Wildman–Crippen MR) is 56.2 cm³/mol. The topological polar surface area (TPSA) is 24.9 Å². The average Bonchev–Trinajstić information content (AvgIpc) is 2.71. The van der Waals surface area contributed by atoms with Gasteiger partial charge in [-0.2, -0.15) is 0 Å². The first kappa shape index (κ1) is 9.16. The van der Waals surface area contributed by atoms with Crippen LogP contribution in [0.4, 0.5) is 0 Å². The van der Waals surface area contributed by atoms with E-state index in [1.54, 1.807) is 11.5 Å². The summed E-state index contributed by atoms with van der Waals surface area (Å²) >= 11 is 1.66. The smallest absolute Gasteiger partial charge is 0.0409 e. The van der Waals surface area contributed by atoms with Crippen LogP contribution in [-0.2, 0) is 0 Å². The Morgan fingerprint density at radius 3 is 3.15 bits per heavy atom. The quantitative estimate of drug-likeness (QED) is 0.785. The van der Waals surface area contributed by atoms with E-state index in [2.05, 4.69) is 22.8 Å². The van der Waals surface area contributed by atoms with Gasteiger partial charge >= 0.3 is 0 Å². The molecule has 13 heavy (non-hydrogen) atoms. The Morgan fingerprint density at radius 1 is 1.54 bits per heavy atom. The van der Waals surface area contributed by atoms with Gasteiger partial charge in [-0.25, -0.2) is 4.37 Å². The SMILES string of the molecule is CNC1CCCC(c2ccns2)C1. The molecule has 72 valence electrons. The first-order valence-electron chi connectivity index (χ1n) is 4.98. The van der Waals surface area contributed by atoms with Crippen molar-refractivity contribution in [1.29, 1.82) is 0 Å². The molecule has 2 nitrogen and oxygen atoms in total. The molecular weight excluding hydrogens is 180 g/mol. The van der Waals surface area contributed by atoms with E-state index in [1.165, 1.54) is 30.6 Å². The second kappa shape index (κ2) is 4.20. The lowest BCUT2D eigenvalue weighted by atomic mass is 9.85. The molecule has 3 heteroatoms. The molecule has 1 aliphatic rings. The minimum Gasteiger partial charge on any atom is -0.317 e. The van der Waals surface area contributed by atoms with Crippen molar-refractivity contribution in [1.82, 2.24) is 9.69 Å². The van der Waals surface area contributed by atoms with Gasteiger partial charge in [-0.1, -0.05) is 6.42 Å². The first-order valence-corrected chi connectivity index (χ1v) is 5.75. The molecule has 1 aliphatic carbocycles. The normalized spacial score (nSPS) is 29.0. The number of hydrogen-bond acceptors (Lipinski definition) is 3. The molecule has 2 atom stereocenters. The number of aromatic nitrogens is 1. The number of hydrogen-bond donors (Lipinski definition) is 1. The fourth-order valence-electron chi connectivity index (χ4n) is 2.15. The zero-order valence-electron chi connectivity index (χ0n) is 7.99. The maximum Gasteiger partial charge on any atom is 0.0409 e. The van der Waals surface area contributed by atoms with Crippen molar-refractivity contribution in [3.8, 4) is 0 Å². The van der Waals surface area contributed by atoms with E-state index in [0.29, 0.717) is 0 Å². The second-order valence-electron chi connectivity index (χ2n) is 3.76. The second-order valence-corrected chi connectivity index (χ2v) is 4.63. The van der Waals surface area contributed by atoms with E-state index in [-0.39, 0.29) is 0 Å². The van der Waals surface area contributed by atoms with Crippen LogP contribution >= 0.6 is 11.5 Å². The maximum absolute atomic E-state index is 4.17. The Balaban J connectivity index is 2.00. The molecule has 0 amide bonds. The van der Waals surface area contributed by atoms with Crippen molar-refractivity contribution in [3.05, 3.63) is 17.1 Å². The third-order valence-corrected chi connectivity index (χ3v) is 3.85. The molecule has 1 heterocycles. The van der Waals surface area contributed by atoms with Gasteiger partial charge in [-0.15, -0.1) is 0 Å². The van der Waals surface area contributed by atoms with Crippen molar-refractivity contribution in [2.45, 2.75) is 37.6 Å².